The minimum Gasteiger partial charge on any atom is -0.481 e. The lowest BCUT2D eigenvalue weighted by Crippen LogP contribution is -2.53. The molecule has 5 atom stereocenters. The molecule has 2 saturated carbocycles. The largest absolute Gasteiger partial charge is 0.481 e. The van der Waals surface area contributed by atoms with Gasteiger partial charge in [-0.15, -0.1) is 0 Å². The normalized spacial score (nSPS) is 41.9. The molecular formula is C18H33NO2. The van der Waals surface area contributed by atoms with Crippen LogP contribution in [0.15, 0.2) is 0 Å². The zero-order chi connectivity index (χ0) is 16.0. The van der Waals surface area contributed by atoms with Gasteiger partial charge in [0.15, 0.2) is 0 Å². The molecule has 2 aliphatic carbocycles. The van der Waals surface area contributed by atoms with E-state index in [9.17, 15) is 9.90 Å². The molecule has 0 aromatic heterocycles. The average Bonchev–Trinajstić information content (AvgIpc) is 2.57. The third-order valence-corrected chi connectivity index (χ3v) is 6.50. The second-order valence-corrected chi connectivity index (χ2v) is 9.01. The number of carboxylic acid groups (broad SMARTS) is 1. The maximum absolute atomic E-state index is 11.5. The Balaban J connectivity index is 2.04. The van der Waals surface area contributed by atoms with Crippen LogP contribution in [0.5, 0.6) is 0 Å². The summed E-state index contributed by atoms with van der Waals surface area (Å²) in [5.41, 5.74) is 0.299. The number of carbonyl (C=O) groups is 1. The van der Waals surface area contributed by atoms with E-state index in [1.807, 2.05) is 0 Å². The van der Waals surface area contributed by atoms with Gasteiger partial charge in [-0.2, -0.15) is 0 Å². The molecule has 2 aliphatic rings. The van der Waals surface area contributed by atoms with Crippen molar-refractivity contribution >= 4 is 5.97 Å². The summed E-state index contributed by atoms with van der Waals surface area (Å²) in [6.45, 7) is 13.6. The molecule has 0 bridgehead atoms. The molecule has 0 heterocycles. The first-order chi connectivity index (χ1) is 9.54. The Bertz CT molecular complexity index is 402. The van der Waals surface area contributed by atoms with Gasteiger partial charge >= 0.3 is 5.97 Å². The molecule has 2 N–H and O–H groups in total. The van der Waals surface area contributed by atoms with Crippen LogP contribution in [-0.2, 0) is 4.79 Å². The molecule has 3 nitrogen and oxygen atoms in total. The molecule has 122 valence electrons. The van der Waals surface area contributed by atoms with Crippen LogP contribution in [0.4, 0.5) is 0 Å². The fourth-order valence-electron chi connectivity index (χ4n) is 4.87. The predicted octanol–water partition coefficient (Wildman–Crippen LogP) is 3.93. The Kier molecular flexibility index (Phi) is 4.45. The molecule has 5 unspecified atom stereocenters. The molecule has 2 rings (SSSR count). The van der Waals surface area contributed by atoms with Crippen LogP contribution in [0, 0.1) is 28.6 Å². The number of carboxylic acids is 1. The predicted molar refractivity (Wildman–Crippen MR) is 86.2 cm³/mol. The Morgan fingerprint density at radius 1 is 1.05 bits per heavy atom. The average molecular weight is 295 g/mol. The van der Waals surface area contributed by atoms with Gasteiger partial charge in [-0.05, 0) is 48.3 Å². The van der Waals surface area contributed by atoms with E-state index in [0.717, 1.165) is 12.8 Å². The SMILES string of the molecule is CC1CC(C)(C)CC1NC1CCC(C(=O)O)C(C)(C)C1C. The third-order valence-electron chi connectivity index (χ3n) is 6.50. The lowest BCUT2D eigenvalue weighted by atomic mass is 9.61. The Morgan fingerprint density at radius 3 is 2.14 bits per heavy atom. The van der Waals surface area contributed by atoms with E-state index in [1.54, 1.807) is 0 Å². The summed E-state index contributed by atoms with van der Waals surface area (Å²) >= 11 is 0. The smallest absolute Gasteiger partial charge is 0.307 e. The maximum Gasteiger partial charge on any atom is 0.307 e. The summed E-state index contributed by atoms with van der Waals surface area (Å²) in [6.07, 6.45) is 4.31. The summed E-state index contributed by atoms with van der Waals surface area (Å²) in [7, 11) is 0. The van der Waals surface area contributed by atoms with Gasteiger partial charge in [0.1, 0.15) is 0 Å². The van der Waals surface area contributed by atoms with E-state index >= 15 is 0 Å². The van der Waals surface area contributed by atoms with Crippen molar-refractivity contribution in [3.8, 4) is 0 Å². The van der Waals surface area contributed by atoms with E-state index in [1.165, 1.54) is 12.8 Å². The molecule has 0 aromatic carbocycles. The number of hydrogen-bond acceptors (Lipinski definition) is 2. The lowest BCUT2D eigenvalue weighted by molar-refractivity contribution is -0.150. The molecule has 0 amide bonds. The monoisotopic (exact) mass is 295 g/mol. The van der Waals surface area contributed by atoms with Crippen LogP contribution in [0.3, 0.4) is 0 Å². The van der Waals surface area contributed by atoms with Gasteiger partial charge in [-0.1, -0.05) is 41.5 Å². The molecule has 0 aromatic rings. The zero-order valence-electron chi connectivity index (χ0n) is 14.6. The van der Waals surface area contributed by atoms with E-state index in [-0.39, 0.29) is 11.3 Å². The first kappa shape index (κ1) is 16.8. The van der Waals surface area contributed by atoms with Crippen LogP contribution >= 0.6 is 0 Å². The fourth-order valence-corrected chi connectivity index (χ4v) is 4.87. The van der Waals surface area contributed by atoms with Crippen molar-refractivity contribution in [3.05, 3.63) is 0 Å². The second kappa shape index (κ2) is 5.57. The van der Waals surface area contributed by atoms with Crippen molar-refractivity contribution in [1.29, 1.82) is 0 Å². The van der Waals surface area contributed by atoms with Gasteiger partial charge in [0.05, 0.1) is 5.92 Å². The fraction of sp³-hybridized carbons (Fsp3) is 0.944. The van der Waals surface area contributed by atoms with E-state index in [0.29, 0.717) is 29.3 Å². The van der Waals surface area contributed by atoms with Crippen molar-refractivity contribution in [2.75, 3.05) is 0 Å². The van der Waals surface area contributed by atoms with Gasteiger partial charge in [-0.3, -0.25) is 4.79 Å². The van der Waals surface area contributed by atoms with Crippen molar-refractivity contribution in [1.82, 2.24) is 5.32 Å². The molecule has 0 saturated heterocycles. The quantitative estimate of drug-likeness (QED) is 0.829. The van der Waals surface area contributed by atoms with Gasteiger partial charge in [0.25, 0.3) is 0 Å². The van der Waals surface area contributed by atoms with Crippen LogP contribution < -0.4 is 5.32 Å². The van der Waals surface area contributed by atoms with Gasteiger partial charge in [0.2, 0.25) is 0 Å². The van der Waals surface area contributed by atoms with Gasteiger partial charge in [0, 0.05) is 12.1 Å². The number of hydrogen-bond donors (Lipinski definition) is 2. The highest BCUT2D eigenvalue weighted by molar-refractivity contribution is 5.71. The summed E-state index contributed by atoms with van der Waals surface area (Å²) in [4.78, 5) is 11.5. The van der Waals surface area contributed by atoms with Crippen molar-refractivity contribution in [2.24, 2.45) is 28.6 Å². The van der Waals surface area contributed by atoms with Gasteiger partial charge < -0.3 is 10.4 Å². The standard InChI is InChI=1S/C18H33NO2/c1-11-9-17(3,4)10-15(11)19-14-8-7-13(16(20)21)18(5,6)12(14)2/h11-15,19H,7-10H2,1-6H3,(H,20,21). The minimum atomic E-state index is -0.624. The van der Waals surface area contributed by atoms with Crippen LogP contribution in [0.25, 0.3) is 0 Å². The Labute approximate surface area is 129 Å². The van der Waals surface area contributed by atoms with Crippen LogP contribution in [0.1, 0.15) is 67.2 Å². The first-order valence-corrected chi connectivity index (χ1v) is 8.53. The Hall–Kier alpha value is -0.570. The zero-order valence-corrected chi connectivity index (χ0v) is 14.6. The number of rotatable bonds is 3. The topological polar surface area (TPSA) is 49.3 Å². The molecule has 0 radical (unpaired) electrons. The van der Waals surface area contributed by atoms with Crippen molar-refractivity contribution in [3.63, 3.8) is 0 Å². The summed E-state index contributed by atoms with van der Waals surface area (Å²) < 4.78 is 0. The maximum atomic E-state index is 11.5. The number of nitrogens with one attached hydrogen (secondary N) is 1. The van der Waals surface area contributed by atoms with Crippen LogP contribution in [-0.4, -0.2) is 23.2 Å². The summed E-state index contributed by atoms with van der Waals surface area (Å²) in [6, 6.07) is 1.04. The highest BCUT2D eigenvalue weighted by Crippen LogP contribution is 2.47. The highest BCUT2D eigenvalue weighted by Gasteiger charge is 2.47. The van der Waals surface area contributed by atoms with Gasteiger partial charge in [-0.25, -0.2) is 0 Å². The van der Waals surface area contributed by atoms with Crippen LogP contribution in [0.2, 0.25) is 0 Å². The van der Waals surface area contributed by atoms with E-state index in [2.05, 4.69) is 46.9 Å². The molecule has 3 heteroatoms. The van der Waals surface area contributed by atoms with E-state index < -0.39 is 5.97 Å². The minimum absolute atomic E-state index is 0.140. The molecule has 0 aliphatic heterocycles. The third kappa shape index (κ3) is 3.28. The second-order valence-electron chi connectivity index (χ2n) is 9.01. The van der Waals surface area contributed by atoms with E-state index in [4.69, 9.17) is 0 Å². The molecule has 2 fully saturated rings. The highest BCUT2D eigenvalue weighted by atomic mass is 16.4. The molecule has 21 heavy (non-hydrogen) atoms. The summed E-state index contributed by atoms with van der Waals surface area (Å²) in [5.74, 6) is 0.277. The number of aliphatic carboxylic acids is 1. The van der Waals surface area contributed by atoms with Crippen molar-refractivity contribution in [2.45, 2.75) is 79.3 Å². The van der Waals surface area contributed by atoms with Crippen molar-refractivity contribution < 1.29 is 9.90 Å². The lowest BCUT2D eigenvalue weighted by Gasteiger charge is -2.47. The summed E-state index contributed by atoms with van der Waals surface area (Å²) in [5, 5.41) is 13.3. The first-order valence-electron chi connectivity index (χ1n) is 8.53. The molecular weight excluding hydrogens is 262 g/mol. The Morgan fingerprint density at radius 2 is 1.67 bits per heavy atom. The molecule has 0 spiro atoms.